The van der Waals surface area contributed by atoms with Crippen molar-refractivity contribution in [2.45, 2.75) is 26.2 Å². The van der Waals surface area contributed by atoms with Crippen molar-refractivity contribution in [3.8, 4) is 10.4 Å². The Morgan fingerprint density at radius 3 is 2.76 bits per heavy atom. The summed E-state index contributed by atoms with van der Waals surface area (Å²) in [6.45, 7) is 4.87. The van der Waals surface area contributed by atoms with Gasteiger partial charge < -0.3 is 10.2 Å². The Morgan fingerprint density at radius 2 is 2.08 bits per heavy atom. The molecule has 134 valence electrons. The van der Waals surface area contributed by atoms with Crippen LogP contribution in [-0.4, -0.2) is 37.5 Å². The Morgan fingerprint density at radius 1 is 1.32 bits per heavy atom. The lowest BCUT2D eigenvalue weighted by atomic mass is 9.93. The summed E-state index contributed by atoms with van der Waals surface area (Å²) in [7, 11) is 2.00. The van der Waals surface area contributed by atoms with Gasteiger partial charge in [0, 0.05) is 23.0 Å². The number of piperidine rings is 1. The Balaban J connectivity index is 1.69. The molecule has 1 aliphatic heterocycles. The lowest BCUT2D eigenvalue weighted by Gasteiger charge is -2.31. The molecule has 0 saturated carbocycles. The molecule has 2 heterocycles. The topological polar surface area (TPSA) is 32.3 Å². The number of thiophene rings is 1. The first-order valence-electron chi connectivity index (χ1n) is 8.88. The molecule has 0 bridgehead atoms. The number of likely N-dealkylation sites (tertiary alicyclic amines) is 1. The standard InChI is InChI=1S/C20H25ClN2OS/c1-14-12-18(25-19(14)16-4-3-5-17(21)13-16)20(24)23-10-7-15(8-11-23)6-9-22-2/h3-5,12-13,15,22H,6-11H2,1-2H3. The smallest absolute Gasteiger partial charge is 0.263 e. The minimum absolute atomic E-state index is 0.174. The van der Waals surface area contributed by atoms with E-state index in [0.717, 1.165) is 64.3 Å². The number of aryl methyl sites for hydroxylation is 1. The van der Waals surface area contributed by atoms with E-state index in [1.807, 2.05) is 42.3 Å². The van der Waals surface area contributed by atoms with Crippen molar-refractivity contribution >= 4 is 28.8 Å². The Hall–Kier alpha value is -1.36. The van der Waals surface area contributed by atoms with Gasteiger partial charge in [0.2, 0.25) is 0 Å². The third-order valence-corrected chi connectivity index (χ3v) is 6.43. The number of carbonyl (C=O) groups excluding carboxylic acids is 1. The zero-order valence-electron chi connectivity index (χ0n) is 14.8. The van der Waals surface area contributed by atoms with E-state index in [9.17, 15) is 4.79 Å². The molecule has 1 amide bonds. The second-order valence-electron chi connectivity index (χ2n) is 6.76. The second-order valence-corrected chi connectivity index (χ2v) is 8.25. The highest BCUT2D eigenvalue weighted by Gasteiger charge is 2.25. The van der Waals surface area contributed by atoms with Gasteiger partial charge in [-0.1, -0.05) is 23.7 Å². The third-order valence-electron chi connectivity index (χ3n) is 4.92. The van der Waals surface area contributed by atoms with Crippen LogP contribution in [-0.2, 0) is 0 Å². The largest absolute Gasteiger partial charge is 0.338 e. The van der Waals surface area contributed by atoms with E-state index >= 15 is 0 Å². The van der Waals surface area contributed by atoms with E-state index in [0.29, 0.717) is 0 Å². The lowest BCUT2D eigenvalue weighted by molar-refractivity contribution is 0.0692. The molecule has 5 heteroatoms. The van der Waals surface area contributed by atoms with Gasteiger partial charge in [-0.25, -0.2) is 0 Å². The molecule has 1 aromatic carbocycles. The molecule has 1 N–H and O–H groups in total. The number of nitrogens with zero attached hydrogens (tertiary/aromatic N) is 1. The fourth-order valence-corrected chi connectivity index (χ4v) is 4.76. The molecule has 0 atom stereocenters. The minimum atomic E-state index is 0.174. The molecule has 0 spiro atoms. The molecule has 1 aromatic heterocycles. The molecule has 1 saturated heterocycles. The molecule has 25 heavy (non-hydrogen) atoms. The zero-order valence-corrected chi connectivity index (χ0v) is 16.4. The van der Waals surface area contributed by atoms with Crippen LogP contribution in [0.25, 0.3) is 10.4 Å². The van der Waals surface area contributed by atoms with E-state index in [1.165, 1.54) is 6.42 Å². The van der Waals surface area contributed by atoms with Crippen LogP contribution in [0.1, 0.15) is 34.5 Å². The minimum Gasteiger partial charge on any atom is -0.338 e. The fraction of sp³-hybridized carbons (Fsp3) is 0.450. The van der Waals surface area contributed by atoms with E-state index in [1.54, 1.807) is 11.3 Å². The van der Waals surface area contributed by atoms with Gasteiger partial charge in [0.25, 0.3) is 5.91 Å². The Bertz CT molecular complexity index is 735. The van der Waals surface area contributed by atoms with Gasteiger partial charge >= 0.3 is 0 Å². The van der Waals surface area contributed by atoms with Gasteiger partial charge in [-0.05, 0) is 75.0 Å². The van der Waals surface area contributed by atoms with Crippen LogP contribution in [0.15, 0.2) is 30.3 Å². The SMILES string of the molecule is CNCCC1CCN(C(=O)c2cc(C)c(-c3cccc(Cl)c3)s2)CC1. The highest BCUT2D eigenvalue weighted by molar-refractivity contribution is 7.17. The van der Waals surface area contributed by atoms with Gasteiger partial charge in [-0.2, -0.15) is 0 Å². The van der Waals surface area contributed by atoms with Crippen molar-refractivity contribution in [3.05, 3.63) is 45.8 Å². The number of nitrogens with one attached hydrogen (secondary N) is 1. The number of hydrogen-bond donors (Lipinski definition) is 1. The third kappa shape index (κ3) is 4.43. The molecular weight excluding hydrogens is 352 g/mol. The average Bonchev–Trinajstić information content (AvgIpc) is 3.01. The molecule has 1 aliphatic rings. The maximum Gasteiger partial charge on any atom is 0.263 e. The summed E-state index contributed by atoms with van der Waals surface area (Å²) in [4.78, 5) is 16.9. The molecular formula is C20H25ClN2OS. The number of rotatable bonds is 5. The first-order chi connectivity index (χ1) is 12.1. The number of hydrogen-bond acceptors (Lipinski definition) is 3. The Kier molecular flexibility index (Phi) is 6.15. The summed E-state index contributed by atoms with van der Waals surface area (Å²) in [6, 6.07) is 9.86. The van der Waals surface area contributed by atoms with Gasteiger partial charge in [-0.3, -0.25) is 4.79 Å². The number of carbonyl (C=O) groups is 1. The van der Waals surface area contributed by atoms with Crippen LogP contribution in [0, 0.1) is 12.8 Å². The highest BCUT2D eigenvalue weighted by atomic mass is 35.5. The molecule has 0 aliphatic carbocycles. The monoisotopic (exact) mass is 376 g/mol. The quantitative estimate of drug-likeness (QED) is 0.809. The van der Waals surface area contributed by atoms with Crippen LogP contribution in [0.4, 0.5) is 0 Å². The first kappa shape index (κ1) is 18.4. The molecule has 3 rings (SSSR count). The maximum atomic E-state index is 12.9. The van der Waals surface area contributed by atoms with E-state index in [-0.39, 0.29) is 5.91 Å². The van der Waals surface area contributed by atoms with Crippen molar-refractivity contribution in [3.63, 3.8) is 0 Å². The fourth-order valence-electron chi connectivity index (χ4n) is 3.43. The van der Waals surface area contributed by atoms with Crippen molar-refractivity contribution in [1.82, 2.24) is 10.2 Å². The van der Waals surface area contributed by atoms with Crippen LogP contribution in [0.3, 0.4) is 0 Å². The average molecular weight is 377 g/mol. The number of amides is 1. The summed E-state index contributed by atoms with van der Waals surface area (Å²) in [6.07, 6.45) is 3.42. The van der Waals surface area contributed by atoms with E-state index in [4.69, 9.17) is 11.6 Å². The van der Waals surface area contributed by atoms with Gasteiger partial charge in [-0.15, -0.1) is 11.3 Å². The molecule has 3 nitrogen and oxygen atoms in total. The van der Waals surface area contributed by atoms with Crippen LogP contribution < -0.4 is 5.32 Å². The zero-order chi connectivity index (χ0) is 17.8. The predicted octanol–water partition coefficient (Wildman–Crippen LogP) is 4.84. The number of benzene rings is 1. The van der Waals surface area contributed by atoms with Crippen molar-refractivity contribution in [1.29, 1.82) is 0 Å². The van der Waals surface area contributed by atoms with Gasteiger partial charge in [0.1, 0.15) is 0 Å². The highest BCUT2D eigenvalue weighted by Crippen LogP contribution is 2.34. The van der Waals surface area contributed by atoms with Crippen molar-refractivity contribution < 1.29 is 4.79 Å². The molecule has 0 radical (unpaired) electrons. The van der Waals surface area contributed by atoms with Crippen molar-refractivity contribution in [2.24, 2.45) is 5.92 Å². The summed E-state index contributed by atoms with van der Waals surface area (Å²) in [5.74, 6) is 0.914. The van der Waals surface area contributed by atoms with Crippen LogP contribution in [0.5, 0.6) is 0 Å². The summed E-state index contributed by atoms with van der Waals surface area (Å²) in [5.41, 5.74) is 2.22. The number of halogens is 1. The summed E-state index contributed by atoms with van der Waals surface area (Å²) >= 11 is 7.69. The second kappa shape index (κ2) is 8.35. The van der Waals surface area contributed by atoms with Gasteiger partial charge in [0.15, 0.2) is 0 Å². The summed E-state index contributed by atoms with van der Waals surface area (Å²) < 4.78 is 0. The molecule has 1 fully saturated rings. The molecule has 0 unspecified atom stereocenters. The maximum absolute atomic E-state index is 12.9. The van der Waals surface area contributed by atoms with Crippen molar-refractivity contribution in [2.75, 3.05) is 26.7 Å². The van der Waals surface area contributed by atoms with Crippen LogP contribution in [0.2, 0.25) is 5.02 Å². The molecule has 2 aromatic rings. The summed E-state index contributed by atoms with van der Waals surface area (Å²) in [5, 5.41) is 3.94. The van der Waals surface area contributed by atoms with E-state index in [2.05, 4.69) is 12.2 Å². The first-order valence-corrected chi connectivity index (χ1v) is 10.1. The normalized spacial score (nSPS) is 15.6. The van der Waals surface area contributed by atoms with E-state index < -0.39 is 0 Å². The van der Waals surface area contributed by atoms with Crippen LogP contribution >= 0.6 is 22.9 Å². The Labute approximate surface area is 159 Å². The van der Waals surface area contributed by atoms with Gasteiger partial charge in [0.05, 0.1) is 4.88 Å². The predicted molar refractivity (Wildman–Crippen MR) is 107 cm³/mol. The lowest BCUT2D eigenvalue weighted by Crippen LogP contribution is -2.38.